The van der Waals surface area contributed by atoms with Crippen LogP contribution in [0.4, 0.5) is 4.79 Å². The summed E-state index contributed by atoms with van der Waals surface area (Å²) >= 11 is 0. The first kappa shape index (κ1) is 27.0. The van der Waals surface area contributed by atoms with Gasteiger partial charge in [-0.15, -0.1) is 0 Å². The Morgan fingerprint density at radius 3 is 2.13 bits per heavy atom. The SMILES string of the molecule is CCCCCCCCC(CCC)O[C@@H](CC)COC(=O)c1ccc(OC(=O)OC)cc1. The summed E-state index contributed by atoms with van der Waals surface area (Å²) in [6, 6.07) is 6.17. The van der Waals surface area contributed by atoms with E-state index in [-0.39, 0.29) is 18.8 Å². The normalized spacial score (nSPS) is 12.8. The number of hydrogen-bond acceptors (Lipinski definition) is 6. The Kier molecular flexibility index (Phi) is 14.4. The smallest absolute Gasteiger partial charge is 0.459 e. The third kappa shape index (κ3) is 11.8. The van der Waals surface area contributed by atoms with Crippen LogP contribution in [0, 0.1) is 0 Å². The van der Waals surface area contributed by atoms with Crippen molar-refractivity contribution < 1.29 is 28.5 Å². The van der Waals surface area contributed by atoms with E-state index in [4.69, 9.17) is 14.2 Å². The van der Waals surface area contributed by atoms with Crippen LogP contribution in [0.3, 0.4) is 0 Å². The number of methoxy groups -OCH3 is 1. The van der Waals surface area contributed by atoms with Crippen LogP contribution in [-0.4, -0.2) is 38.0 Å². The third-order valence-electron chi connectivity index (χ3n) is 5.19. The van der Waals surface area contributed by atoms with E-state index < -0.39 is 12.1 Å². The van der Waals surface area contributed by atoms with Crippen molar-refractivity contribution in [2.75, 3.05) is 13.7 Å². The molecule has 1 aromatic carbocycles. The second-order valence-electron chi connectivity index (χ2n) is 7.81. The Labute approximate surface area is 187 Å². The lowest BCUT2D eigenvalue weighted by molar-refractivity contribution is -0.0548. The van der Waals surface area contributed by atoms with E-state index in [2.05, 4.69) is 18.6 Å². The third-order valence-corrected chi connectivity index (χ3v) is 5.19. The molecule has 1 rings (SSSR count). The molecular weight excluding hydrogens is 396 g/mol. The highest BCUT2D eigenvalue weighted by molar-refractivity contribution is 5.89. The van der Waals surface area contributed by atoms with Crippen LogP contribution < -0.4 is 4.74 Å². The molecular formula is C25H40O6. The van der Waals surface area contributed by atoms with Gasteiger partial charge in [-0.05, 0) is 43.5 Å². The standard InChI is InChI=1S/C25H40O6/c1-5-8-9-10-11-12-14-22(13-6-2)30-21(7-3)19-29-24(26)20-15-17-23(18-16-20)31-25(27)28-4/h15-18,21-22H,5-14,19H2,1-4H3/t21-,22?/m0/s1. The highest BCUT2D eigenvalue weighted by Gasteiger charge is 2.18. The molecule has 0 saturated heterocycles. The highest BCUT2D eigenvalue weighted by atomic mass is 16.7. The van der Waals surface area contributed by atoms with Crippen molar-refractivity contribution in [2.45, 2.75) is 97.2 Å². The molecule has 0 amide bonds. The number of ether oxygens (including phenoxy) is 4. The van der Waals surface area contributed by atoms with Crippen LogP contribution in [0.25, 0.3) is 0 Å². The predicted octanol–water partition coefficient (Wildman–Crippen LogP) is 6.70. The van der Waals surface area contributed by atoms with Crippen molar-refractivity contribution in [1.29, 1.82) is 0 Å². The molecule has 0 N–H and O–H groups in total. The maximum absolute atomic E-state index is 12.4. The van der Waals surface area contributed by atoms with Crippen molar-refractivity contribution in [3.05, 3.63) is 29.8 Å². The van der Waals surface area contributed by atoms with E-state index in [1.54, 1.807) is 12.1 Å². The van der Waals surface area contributed by atoms with Crippen LogP contribution in [-0.2, 0) is 14.2 Å². The fourth-order valence-corrected chi connectivity index (χ4v) is 3.33. The maximum atomic E-state index is 12.4. The van der Waals surface area contributed by atoms with Gasteiger partial charge in [0.2, 0.25) is 0 Å². The Morgan fingerprint density at radius 2 is 1.52 bits per heavy atom. The van der Waals surface area contributed by atoms with Gasteiger partial charge in [-0.1, -0.05) is 65.7 Å². The molecule has 31 heavy (non-hydrogen) atoms. The molecule has 6 heteroatoms. The minimum absolute atomic E-state index is 0.109. The number of hydrogen-bond donors (Lipinski definition) is 0. The summed E-state index contributed by atoms with van der Waals surface area (Å²) in [5.41, 5.74) is 0.393. The second-order valence-corrected chi connectivity index (χ2v) is 7.81. The fraction of sp³-hybridized carbons (Fsp3) is 0.680. The summed E-state index contributed by atoms with van der Waals surface area (Å²) in [4.78, 5) is 23.5. The lowest BCUT2D eigenvalue weighted by Crippen LogP contribution is -2.27. The van der Waals surface area contributed by atoms with Crippen LogP contribution >= 0.6 is 0 Å². The molecule has 0 spiro atoms. The topological polar surface area (TPSA) is 71.1 Å². The van der Waals surface area contributed by atoms with Gasteiger partial charge in [-0.25, -0.2) is 9.59 Å². The summed E-state index contributed by atoms with van der Waals surface area (Å²) in [7, 11) is 1.24. The molecule has 0 aliphatic rings. The molecule has 0 aliphatic heterocycles. The van der Waals surface area contributed by atoms with Crippen LogP contribution in [0.5, 0.6) is 5.75 Å². The zero-order valence-corrected chi connectivity index (χ0v) is 19.7. The molecule has 0 radical (unpaired) electrons. The monoisotopic (exact) mass is 436 g/mol. The average molecular weight is 437 g/mol. The lowest BCUT2D eigenvalue weighted by atomic mass is 10.0. The molecule has 0 aromatic heterocycles. The highest BCUT2D eigenvalue weighted by Crippen LogP contribution is 2.18. The van der Waals surface area contributed by atoms with Gasteiger partial charge in [-0.3, -0.25) is 0 Å². The number of rotatable bonds is 16. The van der Waals surface area contributed by atoms with Crippen LogP contribution in [0.1, 0.15) is 95.3 Å². The van der Waals surface area contributed by atoms with Gasteiger partial charge >= 0.3 is 12.1 Å². The van der Waals surface area contributed by atoms with Crippen molar-refractivity contribution >= 4 is 12.1 Å². The van der Waals surface area contributed by atoms with E-state index in [0.29, 0.717) is 11.3 Å². The molecule has 0 aliphatic carbocycles. The van der Waals surface area contributed by atoms with E-state index in [0.717, 1.165) is 25.7 Å². The Balaban J connectivity index is 2.45. The maximum Gasteiger partial charge on any atom is 0.513 e. The largest absolute Gasteiger partial charge is 0.513 e. The first-order chi connectivity index (χ1) is 15.0. The molecule has 0 bridgehead atoms. The van der Waals surface area contributed by atoms with Crippen molar-refractivity contribution in [3.8, 4) is 5.75 Å². The van der Waals surface area contributed by atoms with Crippen molar-refractivity contribution in [3.63, 3.8) is 0 Å². The molecule has 2 atom stereocenters. The Bertz CT molecular complexity index is 613. The summed E-state index contributed by atoms with van der Waals surface area (Å²) in [6.07, 6.45) is 10.9. The van der Waals surface area contributed by atoms with Crippen LogP contribution in [0.2, 0.25) is 0 Å². The summed E-state index contributed by atoms with van der Waals surface area (Å²) in [5.74, 6) is -0.120. The summed E-state index contributed by atoms with van der Waals surface area (Å²) < 4.78 is 21.1. The Morgan fingerprint density at radius 1 is 0.839 bits per heavy atom. The average Bonchev–Trinajstić information content (AvgIpc) is 2.78. The molecule has 1 unspecified atom stereocenters. The van der Waals surface area contributed by atoms with E-state index in [9.17, 15) is 9.59 Å². The molecule has 6 nitrogen and oxygen atoms in total. The fourth-order valence-electron chi connectivity index (χ4n) is 3.33. The number of carbonyl (C=O) groups is 2. The van der Waals surface area contributed by atoms with E-state index in [1.807, 2.05) is 6.92 Å². The lowest BCUT2D eigenvalue weighted by Gasteiger charge is -2.24. The van der Waals surface area contributed by atoms with E-state index >= 15 is 0 Å². The second kappa shape index (κ2) is 16.6. The zero-order valence-electron chi connectivity index (χ0n) is 19.7. The summed E-state index contributed by atoms with van der Waals surface area (Å²) in [5, 5.41) is 0. The Hall–Kier alpha value is -2.08. The number of benzene rings is 1. The summed E-state index contributed by atoms with van der Waals surface area (Å²) in [6.45, 7) is 6.68. The van der Waals surface area contributed by atoms with Crippen molar-refractivity contribution in [1.82, 2.24) is 0 Å². The van der Waals surface area contributed by atoms with Gasteiger partial charge < -0.3 is 18.9 Å². The molecule has 0 fully saturated rings. The molecule has 0 heterocycles. The first-order valence-corrected chi connectivity index (χ1v) is 11.7. The predicted molar refractivity (Wildman–Crippen MR) is 122 cm³/mol. The number of carbonyl (C=O) groups excluding carboxylic acids is 2. The zero-order chi connectivity index (χ0) is 22.9. The minimum atomic E-state index is -0.805. The number of unbranched alkanes of at least 4 members (excludes halogenated alkanes) is 5. The van der Waals surface area contributed by atoms with Gasteiger partial charge in [0, 0.05) is 0 Å². The number of esters is 1. The molecule has 0 saturated carbocycles. The van der Waals surface area contributed by atoms with Gasteiger partial charge in [0.1, 0.15) is 12.4 Å². The molecule has 176 valence electrons. The first-order valence-electron chi connectivity index (χ1n) is 11.7. The van der Waals surface area contributed by atoms with Crippen molar-refractivity contribution in [2.24, 2.45) is 0 Å². The van der Waals surface area contributed by atoms with Gasteiger partial charge in [-0.2, -0.15) is 0 Å². The minimum Gasteiger partial charge on any atom is -0.459 e. The van der Waals surface area contributed by atoms with Gasteiger partial charge in [0.05, 0.1) is 24.9 Å². The van der Waals surface area contributed by atoms with E-state index in [1.165, 1.54) is 57.8 Å². The molecule has 1 aromatic rings. The quantitative estimate of drug-likeness (QED) is 0.163. The van der Waals surface area contributed by atoms with Gasteiger partial charge in [0.15, 0.2) is 0 Å². The van der Waals surface area contributed by atoms with Crippen LogP contribution in [0.15, 0.2) is 24.3 Å². The van der Waals surface area contributed by atoms with Gasteiger partial charge in [0.25, 0.3) is 0 Å².